The molecule has 0 bridgehead atoms. The van der Waals surface area contributed by atoms with Crippen LogP contribution in [0.5, 0.6) is 0 Å². The Morgan fingerprint density at radius 1 is 1.35 bits per heavy atom. The van der Waals surface area contributed by atoms with Gasteiger partial charge in [0.2, 0.25) is 0 Å². The third-order valence-corrected chi connectivity index (χ3v) is 4.45. The Kier molecular flexibility index (Phi) is 3.76. The number of fused-ring (bicyclic) bond motifs is 1. The summed E-state index contributed by atoms with van der Waals surface area (Å²) in [5.74, 6) is 0.748. The first-order chi connectivity index (χ1) is 9.69. The zero-order valence-electron chi connectivity index (χ0n) is 10.9. The summed E-state index contributed by atoms with van der Waals surface area (Å²) in [5.41, 5.74) is 2.19. The minimum atomic E-state index is -0.208. The van der Waals surface area contributed by atoms with Crippen molar-refractivity contribution in [3.63, 3.8) is 0 Å². The number of thiazole rings is 1. The Morgan fingerprint density at radius 3 is 2.80 bits per heavy atom. The van der Waals surface area contributed by atoms with Crippen LogP contribution in [0.1, 0.15) is 11.3 Å². The summed E-state index contributed by atoms with van der Waals surface area (Å²) >= 11 is 5.14. The number of alkyl halides is 1. The van der Waals surface area contributed by atoms with Crippen molar-refractivity contribution in [2.24, 2.45) is 0 Å². The number of aromatic nitrogens is 2. The number of nitrogens with zero attached hydrogens (tertiary/aromatic N) is 3. The molecule has 1 aromatic carbocycles. The predicted octanol–water partition coefficient (Wildman–Crippen LogP) is 4.07. The van der Waals surface area contributed by atoms with Gasteiger partial charge in [-0.1, -0.05) is 28.1 Å². The number of halogens is 2. The molecule has 0 amide bonds. The zero-order valence-corrected chi connectivity index (χ0v) is 13.3. The summed E-state index contributed by atoms with van der Waals surface area (Å²) in [5, 5.41) is 2.77. The van der Waals surface area contributed by atoms with Crippen LogP contribution in [0.2, 0.25) is 0 Å². The molecule has 0 N–H and O–H groups in total. The maximum Gasteiger partial charge on any atom is 0.195 e. The molecular formula is C14H13BrFN3S. The molecule has 0 aliphatic carbocycles. The summed E-state index contributed by atoms with van der Waals surface area (Å²) in [6, 6.07) is 6.58. The van der Waals surface area contributed by atoms with E-state index in [4.69, 9.17) is 0 Å². The first-order valence-corrected chi connectivity index (χ1v) is 8.15. The van der Waals surface area contributed by atoms with Crippen molar-refractivity contribution < 1.29 is 4.39 Å². The molecule has 0 radical (unpaired) electrons. The molecule has 6 heteroatoms. The fourth-order valence-corrected chi connectivity index (χ4v) is 3.44. The molecular weight excluding hydrogens is 341 g/mol. The molecule has 0 fully saturated rings. The van der Waals surface area contributed by atoms with Gasteiger partial charge in [-0.15, -0.1) is 11.3 Å². The smallest absolute Gasteiger partial charge is 0.195 e. The molecule has 0 unspecified atom stereocenters. The second kappa shape index (κ2) is 5.54. The first kappa shape index (κ1) is 13.6. The molecule has 3 rings (SSSR count). The van der Waals surface area contributed by atoms with E-state index in [-0.39, 0.29) is 5.82 Å². The molecule has 2 aromatic heterocycles. The molecule has 0 aliphatic rings. The number of imidazole rings is 1. The minimum absolute atomic E-state index is 0.208. The van der Waals surface area contributed by atoms with Crippen LogP contribution in [0.4, 0.5) is 10.2 Å². The molecule has 0 aliphatic heterocycles. The highest BCUT2D eigenvalue weighted by Gasteiger charge is 2.15. The van der Waals surface area contributed by atoms with E-state index in [2.05, 4.69) is 30.2 Å². The van der Waals surface area contributed by atoms with Gasteiger partial charge < -0.3 is 4.90 Å². The van der Waals surface area contributed by atoms with Gasteiger partial charge in [0, 0.05) is 30.5 Å². The van der Waals surface area contributed by atoms with Gasteiger partial charge in [-0.05, 0) is 17.7 Å². The zero-order chi connectivity index (χ0) is 14.1. The molecule has 0 spiro atoms. The van der Waals surface area contributed by atoms with Crippen LogP contribution in [0.15, 0.2) is 35.8 Å². The van der Waals surface area contributed by atoms with Crippen molar-refractivity contribution in [3.8, 4) is 0 Å². The van der Waals surface area contributed by atoms with Crippen molar-refractivity contribution >= 4 is 38.0 Å². The summed E-state index contributed by atoms with van der Waals surface area (Å²) in [6.07, 6.45) is 2.03. The molecule has 3 nitrogen and oxygen atoms in total. The molecule has 0 atom stereocenters. The van der Waals surface area contributed by atoms with Gasteiger partial charge in [-0.2, -0.15) is 0 Å². The van der Waals surface area contributed by atoms with Gasteiger partial charge in [-0.25, -0.2) is 9.37 Å². The van der Waals surface area contributed by atoms with Gasteiger partial charge in [0.05, 0.1) is 5.69 Å². The highest BCUT2D eigenvalue weighted by molar-refractivity contribution is 9.08. The molecule has 0 saturated carbocycles. The summed E-state index contributed by atoms with van der Waals surface area (Å²) in [4.78, 5) is 7.73. The maximum atomic E-state index is 12.9. The van der Waals surface area contributed by atoms with Crippen molar-refractivity contribution in [3.05, 3.63) is 52.9 Å². The maximum absolute atomic E-state index is 12.9. The second-order valence-corrected chi connectivity index (χ2v) is 5.99. The molecule has 104 valence electrons. The lowest BCUT2D eigenvalue weighted by molar-refractivity contribution is 0.627. The summed E-state index contributed by atoms with van der Waals surface area (Å²) in [6.45, 7) is 0.700. The normalized spacial score (nSPS) is 11.2. The fraction of sp³-hybridized carbons (Fsp3) is 0.214. The number of hydrogen-bond donors (Lipinski definition) is 0. The van der Waals surface area contributed by atoms with Crippen LogP contribution in [0.3, 0.4) is 0 Å². The Hall–Kier alpha value is -1.40. The van der Waals surface area contributed by atoms with Crippen LogP contribution >= 0.6 is 27.3 Å². The fourth-order valence-electron chi connectivity index (χ4n) is 2.19. The molecule has 0 saturated heterocycles. The lowest BCUT2D eigenvalue weighted by Crippen LogP contribution is -2.18. The quantitative estimate of drug-likeness (QED) is 0.659. The SMILES string of the molecule is CN(Cc1ccc(F)cc1)c1nc2sccn2c1CBr. The average molecular weight is 354 g/mol. The molecule has 20 heavy (non-hydrogen) atoms. The van der Waals surface area contributed by atoms with Crippen LogP contribution < -0.4 is 4.90 Å². The Bertz CT molecular complexity index is 720. The first-order valence-electron chi connectivity index (χ1n) is 6.15. The van der Waals surface area contributed by atoms with Gasteiger partial charge >= 0.3 is 0 Å². The average Bonchev–Trinajstić information content (AvgIpc) is 3.01. The van der Waals surface area contributed by atoms with E-state index in [0.717, 1.165) is 27.4 Å². The largest absolute Gasteiger partial charge is 0.354 e. The lowest BCUT2D eigenvalue weighted by Gasteiger charge is -2.18. The summed E-state index contributed by atoms with van der Waals surface area (Å²) < 4.78 is 15.0. The van der Waals surface area contributed by atoms with Crippen LogP contribution in [0.25, 0.3) is 4.96 Å². The van der Waals surface area contributed by atoms with Crippen molar-refractivity contribution in [2.45, 2.75) is 11.9 Å². The Morgan fingerprint density at radius 2 is 2.10 bits per heavy atom. The topological polar surface area (TPSA) is 20.5 Å². The highest BCUT2D eigenvalue weighted by atomic mass is 79.9. The van der Waals surface area contributed by atoms with Gasteiger partial charge in [0.15, 0.2) is 10.8 Å². The molecule has 2 heterocycles. The van der Waals surface area contributed by atoms with E-state index in [9.17, 15) is 4.39 Å². The van der Waals surface area contributed by atoms with Gasteiger partial charge in [-0.3, -0.25) is 4.40 Å². The highest BCUT2D eigenvalue weighted by Crippen LogP contribution is 2.26. The van der Waals surface area contributed by atoms with E-state index in [1.54, 1.807) is 23.5 Å². The van der Waals surface area contributed by atoms with E-state index in [1.807, 2.05) is 18.6 Å². The Balaban J connectivity index is 1.89. The van der Waals surface area contributed by atoms with Crippen molar-refractivity contribution in [2.75, 3.05) is 11.9 Å². The van der Waals surface area contributed by atoms with E-state index in [1.165, 1.54) is 12.1 Å². The number of benzene rings is 1. The third-order valence-electron chi connectivity index (χ3n) is 3.16. The van der Waals surface area contributed by atoms with E-state index in [0.29, 0.717) is 6.54 Å². The number of anilines is 1. The van der Waals surface area contributed by atoms with Crippen LogP contribution in [0, 0.1) is 5.82 Å². The summed E-state index contributed by atoms with van der Waals surface area (Å²) in [7, 11) is 2.00. The number of rotatable bonds is 4. The standard InChI is InChI=1S/C14H13BrFN3S/c1-18(9-10-2-4-11(16)5-3-10)13-12(8-15)19-6-7-20-14(19)17-13/h2-7H,8-9H2,1H3. The minimum Gasteiger partial charge on any atom is -0.354 e. The third kappa shape index (κ3) is 2.45. The van der Waals surface area contributed by atoms with Crippen molar-refractivity contribution in [1.29, 1.82) is 0 Å². The van der Waals surface area contributed by atoms with E-state index >= 15 is 0 Å². The predicted molar refractivity (Wildman–Crippen MR) is 84.2 cm³/mol. The van der Waals surface area contributed by atoms with Crippen molar-refractivity contribution in [1.82, 2.24) is 9.38 Å². The number of hydrogen-bond acceptors (Lipinski definition) is 3. The Labute approximate surface area is 128 Å². The van der Waals surface area contributed by atoms with Gasteiger partial charge in [0.1, 0.15) is 5.82 Å². The second-order valence-electron chi connectivity index (χ2n) is 4.55. The lowest BCUT2D eigenvalue weighted by atomic mass is 10.2. The monoisotopic (exact) mass is 353 g/mol. The van der Waals surface area contributed by atoms with Crippen LogP contribution in [-0.4, -0.2) is 16.4 Å². The van der Waals surface area contributed by atoms with E-state index < -0.39 is 0 Å². The van der Waals surface area contributed by atoms with Crippen LogP contribution in [-0.2, 0) is 11.9 Å². The van der Waals surface area contributed by atoms with Gasteiger partial charge in [0.25, 0.3) is 0 Å². The molecule has 3 aromatic rings.